The van der Waals surface area contributed by atoms with Crippen LogP contribution in [0.2, 0.25) is 0 Å². The van der Waals surface area contributed by atoms with Crippen molar-refractivity contribution in [3.8, 4) is 17.2 Å². The molecule has 0 atom stereocenters. The van der Waals surface area contributed by atoms with Gasteiger partial charge in [0.1, 0.15) is 11.5 Å². The van der Waals surface area contributed by atoms with E-state index < -0.39 is 12.3 Å². The summed E-state index contributed by atoms with van der Waals surface area (Å²) in [4.78, 5) is 17.3. The minimum atomic E-state index is -4.81. The van der Waals surface area contributed by atoms with Gasteiger partial charge in [-0.25, -0.2) is 0 Å². The minimum Gasteiger partial charge on any atom is -0.497 e. The van der Waals surface area contributed by atoms with Crippen molar-refractivity contribution in [2.24, 2.45) is 0 Å². The van der Waals surface area contributed by atoms with Crippen LogP contribution >= 0.6 is 0 Å². The molecule has 4 rings (SSSR count). The predicted molar refractivity (Wildman–Crippen MR) is 127 cm³/mol. The molecule has 0 saturated heterocycles. The van der Waals surface area contributed by atoms with E-state index in [1.807, 2.05) is 30.3 Å². The maximum Gasteiger partial charge on any atom is 0.573 e. The summed E-state index contributed by atoms with van der Waals surface area (Å²) in [6.07, 6.45) is -4.81. The van der Waals surface area contributed by atoms with Crippen LogP contribution in [-0.4, -0.2) is 34.1 Å². The van der Waals surface area contributed by atoms with Gasteiger partial charge in [-0.2, -0.15) is 9.67 Å². The van der Waals surface area contributed by atoms with Gasteiger partial charge in [0.15, 0.2) is 0 Å². The second kappa shape index (κ2) is 10.4. The second-order valence-corrected chi connectivity index (χ2v) is 7.69. The van der Waals surface area contributed by atoms with Crippen molar-refractivity contribution in [3.63, 3.8) is 0 Å². The molecular weight excluding hydrogens is 475 g/mol. The molecule has 1 heterocycles. The summed E-state index contributed by atoms with van der Waals surface area (Å²) >= 11 is 0. The summed E-state index contributed by atoms with van der Waals surface area (Å²) in [6.45, 7) is 2.17. The molecule has 0 spiro atoms. The van der Waals surface area contributed by atoms with E-state index in [1.165, 1.54) is 16.8 Å². The van der Waals surface area contributed by atoms with Crippen LogP contribution in [0, 0.1) is 6.92 Å². The molecule has 11 heteroatoms. The summed E-state index contributed by atoms with van der Waals surface area (Å²) in [5.74, 6) is 0.195. The van der Waals surface area contributed by atoms with Crippen molar-refractivity contribution >= 4 is 17.8 Å². The molecule has 0 aliphatic heterocycles. The number of hydrogen-bond acceptors (Lipinski definition) is 6. The average Bonchev–Trinajstić information content (AvgIpc) is 3.25. The predicted octanol–water partition coefficient (Wildman–Crippen LogP) is 5.35. The Bertz CT molecular complexity index is 1350. The van der Waals surface area contributed by atoms with Gasteiger partial charge in [-0.05, 0) is 60.5 Å². The molecule has 4 aromatic rings. The first-order chi connectivity index (χ1) is 17.2. The van der Waals surface area contributed by atoms with E-state index in [2.05, 4.69) is 25.5 Å². The number of carbonyl (C=O) groups is 1. The van der Waals surface area contributed by atoms with Gasteiger partial charge in [-0.3, -0.25) is 10.1 Å². The van der Waals surface area contributed by atoms with Gasteiger partial charge in [0.25, 0.3) is 5.91 Å². The monoisotopic (exact) mass is 497 g/mol. The number of halogens is 3. The number of alkyl halides is 3. The molecule has 3 aromatic carbocycles. The Hall–Kier alpha value is -4.54. The quantitative estimate of drug-likeness (QED) is 0.341. The third-order valence-electron chi connectivity index (χ3n) is 5.12. The van der Waals surface area contributed by atoms with E-state index in [-0.39, 0.29) is 17.6 Å². The highest BCUT2D eigenvalue weighted by Gasteiger charge is 2.31. The Labute approximate surface area is 204 Å². The summed E-state index contributed by atoms with van der Waals surface area (Å²) in [6, 6.07) is 19.5. The highest BCUT2D eigenvalue weighted by molar-refractivity contribution is 6.04. The molecule has 186 valence electrons. The molecule has 0 fully saturated rings. The van der Waals surface area contributed by atoms with Crippen molar-refractivity contribution in [2.75, 3.05) is 17.7 Å². The maximum atomic E-state index is 12.9. The van der Waals surface area contributed by atoms with Crippen LogP contribution in [0.15, 0.2) is 72.8 Å². The van der Waals surface area contributed by atoms with Crippen LogP contribution in [0.4, 0.5) is 25.1 Å². The lowest BCUT2D eigenvalue weighted by molar-refractivity contribution is -0.274. The number of ether oxygens (including phenoxy) is 2. The molecule has 0 unspecified atom stereocenters. The number of anilines is 2. The fourth-order valence-corrected chi connectivity index (χ4v) is 3.40. The van der Waals surface area contributed by atoms with Crippen LogP contribution in [0.3, 0.4) is 0 Å². The molecule has 1 amide bonds. The van der Waals surface area contributed by atoms with Gasteiger partial charge < -0.3 is 14.8 Å². The molecule has 8 nitrogen and oxygen atoms in total. The zero-order valence-corrected chi connectivity index (χ0v) is 19.3. The Morgan fingerprint density at radius 1 is 1.00 bits per heavy atom. The van der Waals surface area contributed by atoms with Gasteiger partial charge in [-0.15, -0.1) is 18.3 Å². The van der Waals surface area contributed by atoms with Crippen molar-refractivity contribution in [1.82, 2.24) is 14.8 Å². The van der Waals surface area contributed by atoms with Gasteiger partial charge in [0, 0.05) is 12.1 Å². The second-order valence-electron chi connectivity index (χ2n) is 7.69. The maximum absolute atomic E-state index is 12.9. The molecular formula is C25H22F3N5O3. The fraction of sp³-hybridized carbons (Fsp3) is 0.160. The minimum absolute atomic E-state index is 0.0842. The van der Waals surface area contributed by atoms with Crippen LogP contribution in [0.25, 0.3) is 5.69 Å². The van der Waals surface area contributed by atoms with E-state index in [0.29, 0.717) is 23.5 Å². The number of hydrogen-bond donors (Lipinski definition) is 2. The van der Waals surface area contributed by atoms with E-state index in [0.717, 1.165) is 23.3 Å². The first-order valence-electron chi connectivity index (χ1n) is 10.8. The number of rotatable bonds is 8. The third-order valence-corrected chi connectivity index (χ3v) is 5.12. The van der Waals surface area contributed by atoms with Crippen LogP contribution in [-0.2, 0) is 6.54 Å². The number of aryl methyl sites for hydroxylation is 1. The average molecular weight is 497 g/mol. The number of amides is 1. The third kappa shape index (κ3) is 6.12. The van der Waals surface area contributed by atoms with Crippen molar-refractivity contribution in [3.05, 3.63) is 89.5 Å². The Kier molecular flexibility index (Phi) is 7.09. The Morgan fingerprint density at radius 3 is 2.44 bits per heavy atom. The highest BCUT2D eigenvalue weighted by atomic mass is 19.4. The van der Waals surface area contributed by atoms with Gasteiger partial charge in [0.2, 0.25) is 11.9 Å². The zero-order chi connectivity index (χ0) is 25.7. The number of nitrogens with zero attached hydrogens (tertiary/aromatic N) is 3. The first-order valence-corrected chi connectivity index (χ1v) is 10.8. The van der Waals surface area contributed by atoms with E-state index in [4.69, 9.17) is 4.74 Å². The molecule has 0 aliphatic carbocycles. The summed E-state index contributed by atoms with van der Waals surface area (Å²) in [5.41, 5.74) is 2.49. The van der Waals surface area contributed by atoms with E-state index in [1.54, 1.807) is 32.2 Å². The lowest BCUT2D eigenvalue weighted by Gasteiger charge is -2.11. The number of benzene rings is 3. The number of carbonyl (C=O) groups excluding carboxylic acids is 1. The number of nitrogens with one attached hydrogen (secondary N) is 2. The zero-order valence-electron chi connectivity index (χ0n) is 19.3. The molecule has 0 saturated carbocycles. The van der Waals surface area contributed by atoms with Gasteiger partial charge >= 0.3 is 6.36 Å². The standard InChI is InChI=1S/C25H22F3N5O3/c1-16-6-3-4-9-21(16)22(34)30-24-31-23(29-15-17-7-5-8-20(14-17)35-2)32-33(24)18-10-12-19(13-11-18)36-25(26,27)28/h3-14H,15H2,1-2H3,(H2,29,30,31,32,34). The van der Waals surface area contributed by atoms with Gasteiger partial charge in [-0.1, -0.05) is 30.3 Å². The normalized spacial score (nSPS) is 11.1. The lowest BCUT2D eigenvalue weighted by atomic mass is 10.1. The molecule has 0 aliphatic rings. The van der Waals surface area contributed by atoms with Crippen LogP contribution < -0.4 is 20.1 Å². The van der Waals surface area contributed by atoms with E-state index in [9.17, 15) is 18.0 Å². The molecule has 1 aromatic heterocycles. The topological polar surface area (TPSA) is 90.3 Å². The number of methoxy groups -OCH3 is 1. The molecule has 36 heavy (non-hydrogen) atoms. The summed E-state index contributed by atoms with van der Waals surface area (Å²) in [7, 11) is 1.57. The molecule has 2 N–H and O–H groups in total. The van der Waals surface area contributed by atoms with Gasteiger partial charge in [0.05, 0.1) is 12.8 Å². The Balaban J connectivity index is 1.61. The molecule has 0 radical (unpaired) electrons. The fourth-order valence-electron chi connectivity index (χ4n) is 3.40. The SMILES string of the molecule is COc1cccc(CNc2nc(NC(=O)c3ccccc3C)n(-c3ccc(OC(F)(F)F)cc3)n2)c1. The lowest BCUT2D eigenvalue weighted by Crippen LogP contribution is -2.17. The largest absolute Gasteiger partial charge is 0.573 e. The van der Waals surface area contributed by atoms with Crippen LogP contribution in [0.5, 0.6) is 11.5 Å². The van der Waals surface area contributed by atoms with Crippen molar-refractivity contribution < 1.29 is 27.4 Å². The highest BCUT2D eigenvalue weighted by Crippen LogP contribution is 2.25. The van der Waals surface area contributed by atoms with Crippen LogP contribution in [0.1, 0.15) is 21.5 Å². The summed E-state index contributed by atoms with van der Waals surface area (Å²) < 4.78 is 48.1. The van der Waals surface area contributed by atoms with Crippen molar-refractivity contribution in [2.45, 2.75) is 19.8 Å². The number of aromatic nitrogens is 3. The molecule has 0 bridgehead atoms. The Morgan fingerprint density at radius 2 is 1.75 bits per heavy atom. The smallest absolute Gasteiger partial charge is 0.497 e. The first kappa shape index (κ1) is 24.6. The van der Waals surface area contributed by atoms with E-state index >= 15 is 0 Å². The summed E-state index contributed by atoms with van der Waals surface area (Å²) in [5, 5.41) is 10.2. The van der Waals surface area contributed by atoms with Crippen molar-refractivity contribution in [1.29, 1.82) is 0 Å².